The van der Waals surface area contributed by atoms with Gasteiger partial charge in [0.1, 0.15) is 0 Å². The summed E-state index contributed by atoms with van der Waals surface area (Å²) in [6.07, 6.45) is 0. The van der Waals surface area contributed by atoms with Gasteiger partial charge in [-0.2, -0.15) is 0 Å². The first-order valence-electron chi connectivity index (χ1n) is 1.64. The van der Waals surface area contributed by atoms with Crippen LogP contribution in [0.5, 0.6) is 0 Å². The van der Waals surface area contributed by atoms with E-state index in [1.807, 2.05) is 0 Å². The predicted molar refractivity (Wildman–Crippen MR) is 31.1 cm³/mol. The van der Waals surface area contributed by atoms with Gasteiger partial charge in [0.15, 0.2) is 0 Å². The van der Waals surface area contributed by atoms with E-state index in [-0.39, 0.29) is 142 Å². The monoisotopic (exact) mass is 742 g/mol. The molecule has 0 aliphatic carbocycles. The average molecular weight is 742 g/mol. The van der Waals surface area contributed by atoms with Gasteiger partial charge in [0.2, 0.25) is 0 Å². The summed E-state index contributed by atoms with van der Waals surface area (Å²) in [5, 5.41) is 44.2. The molecule has 0 N–H and O–H groups in total. The van der Waals surface area contributed by atoms with Gasteiger partial charge in [-0.05, 0) is 0 Å². The fraction of sp³-hybridized carbons (Fsp3) is 0. The topological polar surface area (TPSA) is 199 Å². The fourth-order valence-electron chi connectivity index (χ4n) is 0. The Bertz CT molecular complexity index is 120. The van der Waals surface area contributed by atoms with E-state index in [9.17, 15) is 0 Å². The molecular weight excluding hydrogens is 742 g/mol. The Balaban J connectivity index is -0.0000000135. The van der Waals surface area contributed by atoms with Gasteiger partial charge in [0, 0.05) is 0 Å². The molecule has 0 rings (SSSR count). The number of hydrogen-bond acceptors (Lipinski definition) is 9. The van der Waals surface area contributed by atoms with Crippen LogP contribution in [-0.2, 0) is 0 Å². The van der Waals surface area contributed by atoms with Crippen LogP contribution in [0.1, 0.15) is 0 Å². The number of nitrogens with zero attached hydrogens (tertiary/aromatic N) is 3. The van der Waals surface area contributed by atoms with Gasteiger partial charge in [-0.15, -0.1) is 0 Å². The SMILES string of the molecule is O=[N+]([O-])[O-].O=[N+]([O-])[O-].O=[N+]([O-])[O-].[La+3].[La+3].[La+3].[La+3]. The molecule has 0 aromatic rings. The molecule has 0 saturated heterocycles. The molecule has 0 radical (unpaired) electrons. The fourth-order valence-corrected chi connectivity index (χ4v) is 0. The van der Waals surface area contributed by atoms with Crippen molar-refractivity contribution >= 4 is 0 Å². The largest absolute Gasteiger partial charge is 3.00 e. The summed E-state index contributed by atoms with van der Waals surface area (Å²) >= 11 is 0. The van der Waals surface area contributed by atoms with Crippen molar-refractivity contribution in [1.29, 1.82) is 0 Å². The van der Waals surface area contributed by atoms with Crippen LogP contribution in [0.25, 0.3) is 0 Å². The maximum atomic E-state index is 8.25. The first kappa shape index (κ1) is 42.9. The summed E-state index contributed by atoms with van der Waals surface area (Å²) in [5.41, 5.74) is 0. The van der Waals surface area contributed by atoms with Crippen molar-refractivity contribution in [2.75, 3.05) is 0 Å². The third-order valence-corrected chi connectivity index (χ3v) is 0. The zero-order valence-corrected chi connectivity index (χ0v) is 21.8. The van der Waals surface area contributed by atoms with Gasteiger partial charge < -0.3 is 46.0 Å². The van der Waals surface area contributed by atoms with E-state index in [0.29, 0.717) is 0 Å². The van der Waals surface area contributed by atoms with Crippen LogP contribution in [0, 0.1) is 188 Å². The Kier molecular flexibility index (Phi) is 96.5. The second-order valence-corrected chi connectivity index (χ2v) is 0.671. The second-order valence-electron chi connectivity index (χ2n) is 0.671. The average Bonchev–Trinajstić information content (AvgIpc) is 1.54. The quantitative estimate of drug-likeness (QED) is 0.227. The van der Waals surface area contributed by atoms with Gasteiger partial charge in [0.05, 0.1) is 15.3 Å². The molecule has 0 aliphatic rings. The Morgan fingerprint density at radius 3 is 0.438 bits per heavy atom. The minimum atomic E-state index is -1.75. The standard InChI is InChI=1S/4La.3NO3/c;;;;3*2-1(3)4/q4*+3;3*-1. The van der Waals surface area contributed by atoms with Crippen molar-refractivity contribution < 1.29 is 158 Å². The van der Waals surface area contributed by atoms with E-state index in [0.717, 1.165) is 0 Å². The van der Waals surface area contributed by atoms with E-state index in [4.69, 9.17) is 46.0 Å². The zero-order valence-electron chi connectivity index (χ0n) is 7.33. The summed E-state index contributed by atoms with van der Waals surface area (Å²) in [7, 11) is 0. The summed E-state index contributed by atoms with van der Waals surface area (Å²) < 4.78 is 0. The van der Waals surface area contributed by atoms with Gasteiger partial charge in [-0.25, -0.2) is 0 Å². The Morgan fingerprint density at radius 2 is 0.438 bits per heavy atom. The van der Waals surface area contributed by atoms with Gasteiger partial charge >= 0.3 is 142 Å². The molecule has 16 heteroatoms. The van der Waals surface area contributed by atoms with Crippen molar-refractivity contribution in [2.45, 2.75) is 0 Å². The molecule has 16 heavy (non-hydrogen) atoms. The van der Waals surface area contributed by atoms with E-state index >= 15 is 0 Å². The number of hydrogen-bond donors (Lipinski definition) is 0. The molecule has 0 aliphatic heterocycles. The Morgan fingerprint density at radius 1 is 0.438 bits per heavy atom. The molecule has 0 atom stereocenters. The van der Waals surface area contributed by atoms with Crippen molar-refractivity contribution in [3.05, 3.63) is 46.0 Å². The van der Waals surface area contributed by atoms with E-state index in [1.165, 1.54) is 0 Å². The maximum Gasteiger partial charge on any atom is 3.00 e. The summed E-state index contributed by atoms with van der Waals surface area (Å²) in [5.74, 6) is 0. The van der Waals surface area contributed by atoms with E-state index < -0.39 is 15.3 Å². The van der Waals surface area contributed by atoms with Crippen LogP contribution in [-0.4, -0.2) is 15.3 Å². The second kappa shape index (κ2) is 36.0. The summed E-state index contributed by atoms with van der Waals surface area (Å²) in [6, 6.07) is 0. The van der Waals surface area contributed by atoms with Crippen molar-refractivity contribution in [2.24, 2.45) is 0 Å². The normalized spacial score (nSPS) is 4.50. The first-order chi connectivity index (χ1) is 5.20. The van der Waals surface area contributed by atoms with Crippen LogP contribution in [0.2, 0.25) is 0 Å². The van der Waals surface area contributed by atoms with Gasteiger partial charge in [-0.3, -0.25) is 0 Å². The molecule has 12 nitrogen and oxygen atoms in total. The van der Waals surface area contributed by atoms with E-state index in [2.05, 4.69) is 0 Å². The van der Waals surface area contributed by atoms with Gasteiger partial charge in [0.25, 0.3) is 0 Å². The van der Waals surface area contributed by atoms with Crippen LogP contribution in [0.3, 0.4) is 0 Å². The van der Waals surface area contributed by atoms with Crippen LogP contribution in [0.15, 0.2) is 0 Å². The first-order valence-corrected chi connectivity index (χ1v) is 1.64. The van der Waals surface area contributed by atoms with Crippen LogP contribution < -0.4 is 0 Å². The number of rotatable bonds is 0. The molecule has 0 heterocycles. The Labute approximate surface area is 199 Å². The third-order valence-electron chi connectivity index (χ3n) is 0. The molecular formula is La4N3O9+9. The van der Waals surface area contributed by atoms with Crippen molar-refractivity contribution in [1.82, 2.24) is 0 Å². The van der Waals surface area contributed by atoms with Crippen LogP contribution in [0.4, 0.5) is 0 Å². The summed E-state index contributed by atoms with van der Waals surface area (Å²) in [6.45, 7) is 0. The molecule has 0 aromatic carbocycles. The summed E-state index contributed by atoms with van der Waals surface area (Å²) in [4.78, 5) is 24.8. The Hall–Kier alpha value is 2.38. The molecule has 0 amide bonds. The molecule has 0 unspecified atom stereocenters. The smallest absolute Gasteiger partial charge is 0.356 e. The third kappa shape index (κ3) is 684. The van der Waals surface area contributed by atoms with E-state index in [1.54, 1.807) is 0 Å². The molecule has 72 valence electrons. The predicted octanol–water partition coefficient (Wildman–Crippen LogP) is -0.717. The van der Waals surface area contributed by atoms with Crippen LogP contribution >= 0.6 is 0 Å². The molecule has 0 saturated carbocycles. The minimum Gasteiger partial charge on any atom is -0.356 e. The molecule has 0 spiro atoms. The molecule has 0 aromatic heterocycles. The zero-order chi connectivity index (χ0) is 10.7. The van der Waals surface area contributed by atoms with Crippen molar-refractivity contribution in [3.8, 4) is 0 Å². The van der Waals surface area contributed by atoms with Gasteiger partial charge in [-0.1, -0.05) is 0 Å². The molecule has 0 bridgehead atoms. The maximum absolute atomic E-state index is 8.25. The molecule has 0 fully saturated rings. The van der Waals surface area contributed by atoms with Crippen molar-refractivity contribution in [3.63, 3.8) is 0 Å². The minimum absolute atomic E-state index is 0.